The Bertz CT molecular complexity index is 440. The molecule has 0 aromatic heterocycles. The van der Waals surface area contributed by atoms with Crippen LogP contribution >= 0.6 is 0 Å². The second kappa shape index (κ2) is 6.19. The predicted octanol–water partition coefficient (Wildman–Crippen LogP) is 2.94. The summed E-state index contributed by atoms with van der Waals surface area (Å²) in [6.07, 6.45) is 2.86. The van der Waals surface area contributed by atoms with Gasteiger partial charge in [0.05, 0.1) is 17.5 Å². The molecule has 1 aliphatic heterocycles. The zero-order valence-electron chi connectivity index (χ0n) is 11.2. The number of nitrogen functional groups attached to an aromatic ring is 1. The Balaban J connectivity index is 2.15. The van der Waals surface area contributed by atoms with E-state index >= 15 is 0 Å². The number of nitrogens with two attached hydrogens (primary N) is 1. The van der Waals surface area contributed by atoms with Crippen LogP contribution < -0.4 is 10.6 Å². The molecule has 19 heavy (non-hydrogen) atoms. The second-order valence-electron chi connectivity index (χ2n) is 4.88. The van der Waals surface area contributed by atoms with E-state index in [0.717, 1.165) is 25.3 Å². The molecule has 1 aromatic rings. The molecule has 0 bridgehead atoms. The van der Waals surface area contributed by atoms with Gasteiger partial charge in [0.2, 0.25) is 0 Å². The topological polar surface area (TPSA) is 38.5 Å². The van der Waals surface area contributed by atoms with Crippen molar-refractivity contribution in [3.8, 4) is 0 Å². The van der Waals surface area contributed by atoms with Crippen LogP contribution in [0.4, 0.5) is 20.2 Å². The Labute approximate surface area is 112 Å². The molecule has 1 unspecified atom stereocenters. The van der Waals surface area contributed by atoms with Crippen LogP contribution in [0.15, 0.2) is 12.1 Å². The van der Waals surface area contributed by atoms with Crippen LogP contribution in [0.1, 0.15) is 26.2 Å². The normalized spacial score (nSPS) is 19.7. The summed E-state index contributed by atoms with van der Waals surface area (Å²) in [6.45, 7) is 3.98. The van der Waals surface area contributed by atoms with Gasteiger partial charge in [-0.1, -0.05) is 6.92 Å². The average Bonchev–Trinajstić information content (AvgIpc) is 2.42. The summed E-state index contributed by atoms with van der Waals surface area (Å²) in [5.74, 6) is -1.73. The van der Waals surface area contributed by atoms with Gasteiger partial charge in [-0.05, 0) is 31.4 Å². The molecular formula is C14H20F2N2O. The van der Waals surface area contributed by atoms with Gasteiger partial charge in [-0.25, -0.2) is 8.78 Å². The fraction of sp³-hybridized carbons (Fsp3) is 0.571. The lowest BCUT2D eigenvalue weighted by molar-refractivity contribution is 0.0439. The minimum atomic E-state index is -0.865. The van der Waals surface area contributed by atoms with Gasteiger partial charge >= 0.3 is 0 Å². The molecule has 2 N–H and O–H groups in total. The Hall–Kier alpha value is -1.36. The lowest BCUT2D eigenvalue weighted by Gasteiger charge is -2.35. The first-order chi connectivity index (χ1) is 9.13. The number of rotatable bonds is 4. The minimum absolute atomic E-state index is 0.0655. The summed E-state index contributed by atoms with van der Waals surface area (Å²) in [5.41, 5.74) is 6.22. The molecule has 0 radical (unpaired) electrons. The van der Waals surface area contributed by atoms with Crippen LogP contribution in [0.5, 0.6) is 0 Å². The Morgan fingerprint density at radius 1 is 1.42 bits per heavy atom. The van der Waals surface area contributed by atoms with Gasteiger partial charge in [0.25, 0.3) is 0 Å². The largest absolute Gasteiger partial charge is 0.397 e. The highest BCUT2D eigenvalue weighted by atomic mass is 19.2. The zero-order chi connectivity index (χ0) is 13.8. The van der Waals surface area contributed by atoms with E-state index in [-0.39, 0.29) is 17.5 Å². The van der Waals surface area contributed by atoms with Crippen molar-refractivity contribution in [2.75, 3.05) is 30.3 Å². The zero-order valence-corrected chi connectivity index (χ0v) is 11.2. The SMILES string of the molecule is CCCOC1CCCN(c2c(N)ccc(F)c2F)C1. The maximum absolute atomic E-state index is 13.9. The monoisotopic (exact) mass is 270 g/mol. The lowest BCUT2D eigenvalue weighted by atomic mass is 10.1. The summed E-state index contributed by atoms with van der Waals surface area (Å²) < 4.78 is 32.9. The van der Waals surface area contributed by atoms with Gasteiger partial charge in [0.15, 0.2) is 11.6 Å². The van der Waals surface area contributed by atoms with E-state index in [4.69, 9.17) is 10.5 Å². The number of anilines is 2. The van der Waals surface area contributed by atoms with Gasteiger partial charge in [-0.3, -0.25) is 0 Å². The highest BCUT2D eigenvalue weighted by molar-refractivity contribution is 5.68. The number of nitrogens with zero attached hydrogens (tertiary/aromatic N) is 1. The molecular weight excluding hydrogens is 250 g/mol. The smallest absolute Gasteiger partial charge is 0.184 e. The number of hydrogen-bond donors (Lipinski definition) is 1. The van der Waals surface area contributed by atoms with Crippen molar-refractivity contribution in [2.24, 2.45) is 0 Å². The number of benzene rings is 1. The second-order valence-corrected chi connectivity index (χ2v) is 4.88. The van der Waals surface area contributed by atoms with Crippen molar-refractivity contribution in [2.45, 2.75) is 32.3 Å². The van der Waals surface area contributed by atoms with Crippen molar-refractivity contribution in [1.82, 2.24) is 0 Å². The first-order valence-electron chi connectivity index (χ1n) is 6.73. The summed E-state index contributed by atoms with van der Waals surface area (Å²) in [4.78, 5) is 1.79. The molecule has 1 fully saturated rings. The molecule has 106 valence electrons. The van der Waals surface area contributed by atoms with Gasteiger partial charge in [0, 0.05) is 19.7 Å². The van der Waals surface area contributed by atoms with Crippen LogP contribution in [0.25, 0.3) is 0 Å². The molecule has 2 rings (SSSR count). The number of piperidine rings is 1. The summed E-state index contributed by atoms with van der Waals surface area (Å²) >= 11 is 0. The third-order valence-electron chi connectivity index (χ3n) is 3.35. The average molecular weight is 270 g/mol. The van der Waals surface area contributed by atoms with Crippen LogP contribution in [0.2, 0.25) is 0 Å². The van der Waals surface area contributed by atoms with Gasteiger partial charge in [-0.2, -0.15) is 0 Å². The standard InChI is InChI=1S/C14H20F2N2O/c1-2-8-19-10-4-3-7-18(9-10)14-12(17)6-5-11(15)13(14)16/h5-6,10H,2-4,7-9,17H2,1H3. The predicted molar refractivity (Wildman–Crippen MR) is 72.2 cm³/mol. The molecule has 0 aliphatic carbocycles. The van der Waals surface area contributed by atoms with E-state index in [1.54, 1.807) is 4.90 Å². The molecule has 1 saturated heterocycles. The quantitative estimate of drug-likeness (QED) is 0.855. The van der Waals surface area contributed by atoms with Crippen molar-refractivity contribution >= 4 is 11.4 Å². The van der Waals surface area contributed by atoms with Crippen LogP contribution in [0.3, 0.4) is 0 Å². The van der Waals surface area contributed by atoms with E-state index in [1.165, 1.54) is 6.07 Å². The fourth-order valence-electron chi connectivity index (χ4n) is 2.44. The summed E-state index contributed by atoms with van der Waals surface area (Å²) in [5, 5.41) is 0. The number of hydrogen-bond acceptors (Lipinski definition) is 3. The Morgan fingerprint density at radius 3 is 2.95 bits per heavy atom. The fourth-order valence-corrected chi connectivity index (χ4v) is 2.44. The van der Waals surface area contributed by atoms with Crippen molar-refractivity contribution in [1.29, 1.82) is 0 Å². The summed E-state index contributed by atoms with van der Waals surface area (Å²) in [7, 11) is 0. The molecule has 3 nitrogen and oxygen atoms in total. The maximum Gasteiger partial charge on any atom is 0.184 e. The van der Waals surface area contributed by atoms with Crippen molar-refractivity contribution in [3.05, 3.63) is 23.8 Å². The molecule has 5 heteroatoms. The maximum atomic E-state index is 13.9. The van der Waals surface area contributed by atoms with E-state index in [9.17, 15) is 8.78 Å². The highest BCUT2D eigenvalue weighted by Gasteiger charge is 2.25. The number of halogens is 2. The molecule has 1 atom stereocenters. The molecule has 1 aromatic carbocycles. The van der Waals surface area contributed by atoms with Crippen LogP contribution in [0, 0.1) is 11.6 Å². The van der Waals surface area contributed by atoms with Crippen molar-refractivity contribution in [3.63, 3.8) is 0 Å². The van der Waals surface area contributed by atoms with E-state index in [1.807, 2.05) is 6.92 Å². The molecule has 0 amide bonds. The van der Waals surface area contributed by atoms with Crippen molar-refractivity contribution < 1.29 is 13.5 Å². The van der Waals surface area contributed by atoms with E-state index < -0.39 is 11.6 Å². The first-order valence-corrected chi connectivity index (χ1v) is 6.73. The third-order valence-corrected chi connectivity index (χ3v) is 3.35. The Morgan fingerprint density at radius 2 is 2.21 bits per heavy atom. The lowest BCUT2D eigenvalue weighted by Crippen LogP contribution is -2.40. The highest BCUT2D eigenvalue weighted by Crippen LogP contribution is 2.31. The van der Waals surface area contributed by atoms with Crippen LogP contribution in [-0.2, 0) is 4.74 Å². The van der Waals surface area contributed by atoms with Crippen LogP contribution in [-0.4, -0.2) is 25.8 Å². The molecule has 1 heterocycles. The first kappa shape index (κ1) is 14.1. The van der Waals surface area contributed by atoms with E-state index in [2.05, 4.69) is 0 Å². The van der Waals surface area contributed by atoms with Gasteiger partial charge < -0.3 is 15.4 Å². The minimum Gasteiger partial charge on any atom is -0.397 e. The van der Waals surface area contributed by atoms with E-state index in [0.29, 0.717) is 19.7 Å². The third kappa shape index (κ3) is 3.15. The Kier molecular flexibility index (Phi) is 4.58. The number of ether oxygens (including phenoxy) is 1. The van der Waals surface area contributed by atoms with Gasteiger partial charge in [-0.15, -0.1) is 0 Å². The molecule has 0 saturated carbocycles. The van der Waals surface area contributed by atoms with Gasteiger partial charge in [0.1, 0.15) is 0 Å². The molecule has 1 aliphatic rings. The molecule has 0 spiro atoms. The summed E-state index contributed by atoms with van der Waals surface area (Å²) in [6, 6.07) is 2.47.